The second-order valence-corrected chi connectivity index (χ2v) is 5.42. The van der Waals surface area contributed by atoms with Gasteiger partial charge in [0, 0.05) is 4.47 Å². The van der Waals surface area contributed by atoms with Crippen molar-refractivity contribution < 1.29 is 19.8 Å². The Hall–Kier alpha value is -1.86. The van der Waals surface area contributed by atoms with E-state index in [1.165, 1.54) is 18.2 Å². The molecule has 1 heterocycles. The van der Waals surface area contributed by atoms with Crippen molar-refractivity contribution >= 4 is 44.1 Å². The van der Waals surface area contributed by atoms with E-state index in [9.17, 15) is 14.7 Å². The van der Waals surface area contributed by atoms with Crippen LogP contribution in [0.1, 0.15) is 20.7 Å². The van der Waals surface area contributed by atoms with Gasteiger partial charge in [-0.1, -0.05) is 15.9 Å². The highest BCUT2D eigenvalue weighted by Gasteiger charge is 2.17. The third-order valence-corrected chi connectivity index (χ3v) is 3.65. The van der Waals surface area contributed by atoms with Crippen LogP contribution in [-0.2, 0) is 0 Å². The van der Waals surface area contributed by atoms with Gasteiger partial charge in [0.1, 0.15) is 10.8 Å². The molecule has 0 atom stereocenters. The van der Waals surface area contributed by atoms with Gasteiger partial charge >= 0.3 is 5.97 Å². The SMILES string of the molecule is O=C(Nc1sccc1C(=O)O)c1ccc(Br)cc1O. The molecule has 7 heteroatoms. The molecule has 0 aliphatic heterocycles. The summed E-state index contributed by atoms with van der Waals surface area (Å²) in [5, 5.41) is 22.9. The summed E-state index contributed by atoms with van der Waals surface area (Å²) in [4.78, 5) is 22.9. The summed E-state index contributed by atoms with van der Waals surface area (Å²) in [6, 6.07) is 5.86. The van der Waals surface area contributed by atoms with Gasteiger partial charge in [-0.2, -0.15) is 0 Å². The van der Waals surface area contributed by atoms with Crippen LogP contribution in [0.5, 0.6) is 5.75 Å². The number of benzene rings is 1. The summed E-state index contributed by atoms with van der Waals surface area (Å²) >= 11 is 4.28. The number of carbonyl (C=O) groups excluding carboxylic acids is 1. The topological polar surface area (TPSA) is 86.6 Å². The van der Waals surface area contributed by atoms with Gasteiger partial charge in [-0.05, 0) is 29.6 Å². The molecule has 0 saturated heterocycles. The Labute approximate surface area is 120 Å². The second-order valence-electron chi connectivity index (χ2n) is 3.58. The maximum absolute atomic E-state index is 11.9. The van der Waals surface area contributed by atoms with E-state index < -0.39 is 11.9 Å². The van der Waals surface area contributed by atoms with Crippen molar-refractivity contribution in [2.24, 2.45) is 0 Å². The van der Waals surface area contributed by atoms with E-state index in [0.717, 1.165) is 11.3 Å². The maximum Gasteiger partial charge on any atom is 0.338 e. The summed E-state index contributed by atoms with van der Waals surface area (Å²) in [6.45, 7) is 0. The number of aromatic carboxylic acids is 1. The van der Waals surface area contributed by atoms with Crippen LogP contribution in [0.4, 0.5) is 5.00 Å². The Balaban J connectivity index is 2.26. The fraction of sp³-hybridized carbons (Fsp3) is 0. The molecule has 0 fully saturated rings. The fourth-order valence-corrected chi connectivity index (χ4v) is 2.56. The number of hydrogen-bond donors (Lipinski definition) is 3. The highest BCUT2D eigenvalue weighted by molar-refractivity contribution is 9.10. The predicted octanol–water partition coefficient (Wildman–Crippen LogP) is 3.17. The molecule has 0 aliphatic carbocycles. The zero-order valence-corrected chi connectivity index (χ0v) is 11.8. The first-order valence-corrected chi connectivity index (χ1v) is 6.77. The molecule has 0 spiro atoms. The number of phenols is 1. The minimum Gasteiger partial charge on any atom is -0.507 e. The number of hydrogen-bond acceptors (Lipinski definition) is 4. The summed E-state index contributed by atoms with van der Waals surface area (Å²) in [5.41, 5.74) is 0.0999. The van der Waals surface area contributed by atoms with Crippen LogP contribution < -0.4 is 5.32 Å². The second kappa shape index (κ2) is 5.41. The number of thiophene rings is 1. The van der Waals surface area contributed by atoms with Crippen molar-refractivity contribution in [3.05, 3.63) is 45.2 Å². The monoisotopic (exact) mass is 341 g/mol. The molecule has 98 valence electrons. The Kier molecular flexibility index (Phi) is 3.87. The lowest BCUT2D eigenvalue weighted by atomic mass is 10.2. The van der Waals surface area contributed by atoms with Gasteiger partial charge in [-0.3, -0.25) is 4.79 Å². The van der Waals surface area contributed by atoms with Gasteiger partial charge in [0.15, 0.2) is 0 Å². The lowest BCUT2D eigenvalue weighted by Gasteiger charge is -2.06. The van der Waals surface area contributed by atoms with Gasteiger partial charge in [0.25, 0.3) is 5.91 Å². The zero-order chi connectivity index (χ0) is 14.0. The average Bonchev–Trinajstić information content (AvgIpc) is 2.76. The van der Waals surface area contributed by atoms with Gasteiger partial charge < -0.3 is 15.5 Å². The molecule has 19 heavy (non-hydrogen) atoms. The Morgan fingerprint density at radius 2 is 1.95 bits per heavy atom. The summed E-state index contributed by atoms with van der Waals surface area (Å²) < 4.78 is 0.642. The van der Waals surface area contributed by atoms with Gasteiger partial charge in [-0.15, -0.1) is 11.3 Å². The number of anilines is 1. The van der Waals surface area contributed by atoms with Crippen molar-refractivity contribution in [1.29, 1.82) is 0 Å². The normalized spacial score (nSPS) is 10.2. The lowest BCUT2D eigenvalue weighted by Crippen LogP contribution is -2.13. The van der Waals surface area contributed by atoms with Crippen LogP contribution in [0.2, 0.25) is 0 Å². The molecule has 2 rings (SSSR count). The molecule has 1 amide bonds. The average molecular weight is 342 g/mol. The van der Waals surface area contributed by atoms with Crippen LogP contribution in [0.15, 0.2) is 34.1 Å². The van der Waals surface area contributed by atoms with Crippen molar-refractivity contribution in [1.82, 2.24) is 0 Å². The van der Waals surface area contributed by atoms with Crippen LogP contribution in [-0.4, -0.2) is 22.1 Å². The Bertz CT molecular complexity index is 653. The number of rotatable bonds is 3. The molecule has 1 aromatic heterocycles. The number of carbonyl (C=O) groups is 2. The molecule has 3 N–H and O–H groups in total. The molecule has 0 radical (unpaired) electrons. The quantitative estimate of drug-likeness (QED) is 0.800. The number of carboxylic acids is 1. The van der Waals surface area contributed by atoms with E-state index >= 15 is 0 Å². The van der Waals surface area contributed by atoms with E-state index in [1.54, 1.807) is 11.4 Å². The van der Waals surface area contributed by atoms with Crippen LogP contribution in [0.3, 0.4) is 0 Å². The third-order valence-electron chi connectivity index (χ3n) is 2.33. The first-order valence-electron chi connectivity index (χ1n) is 5.09. The van der Waals surface area contributed by atoms with Gasteiger partial charge in [-0.25, -0.2) is 4.79 Å². The fourth-order valence-electron chi connectivity index (χ4n) is 1.44. The van der Waals surface area contributed by atoms with Crippen LogP contribution in [0, 0.1) is 0 Å². The highest BCUT2D eigenvalue weighted by Crippen LogP contribution is 2.27. The van der Waals surface area contributed by atoms with E-state index in [1.807, 2.05) is 0 Å². The van der Waals surface area contributed by atoms with E-state index in [4.69, 9.17) is 5.11 Å². The third kappa shape index (κ3) is 2.94. The van der Waals surface area contributed by atoms with Crippen LogP contribution >= 0.6 is 27.3 Å². The maximum atomic E-state index is 11.9. The number of phenolic OH excluding ortho intramolecular Hbond substituents is 1. The smallest absolute Gasteiger partial charge is 0.338 e. The van der Waals surface area contributed by atoms with Crippen molar-refractivity contribution in [2.45, 2.75) is 0 Å². The van der Waals surface area contributed by atoms with E-state index in [2.05, 4.69) is 21.2 Å². The standard InChI is InChI=1S/C12H8BrNO4S/c13-6-1-2-7(9(15)5-6)10(16)14-11-8(12(17)18)3-4-19-11/h1-5,15H,(H,14,16)(H,17,18). The van der Waals surface area contributed by atoms with E-state index in [-0.39, 0.29) is 21.9 Å². The molecule has 1 aromatic carbocycles. The number of amides is 1. The summed E-state index contributed by atoms with van der Waals surface area (Å²) in [5.74, 6) is -1.85. The molecule has 0 bridgehead atoms. The molecular weight excluding hydrogens is 334 g/mol. The zero-order valence-electron chi connectivity index (χ0n) is 9.38. The number of aromatic hydroxyl groups is 1. The first-order chi connectivity index (χ1) is 8.99. The lowest BCUT2D eigenvalue weighted by molar-refractivity contribution is 0.0698. The van der Waals surface area contributed by atoms with E-state index in [0.29, 0.717) is 4.47 Å². The highest BCUT2D eigenvalue weighted by atomic mass is 79.9. The van der Waals surface area contributed by atoms with Crippen molar-refractivity contribution in [3.8, 4) is 5.75 Å². The molecule has 0 saturated carbocycles. The first kappa shape index (κ1) is 13.6. The molecule has 5 nitrogen and oxygen atoms in total. The summed E-state index contributed by atoms with van der Waals surface area (Å²) in [6.07, 6.45) is 0. The van der Waals surface area contributed by atoms with Gasteiger partial charge in [0.2, 0.25) is 0 Å². The minimum atomic E-state index is -1.11. The number of carboxylic acid groups (broad SMARTS) is 1. The largest absolute Gasteiger partial charge is 0.507 e. The molecule has 0 unspecified atom stereocenters. The van der Waals surface area contributed by atoms with Crippen molar-refractivity contribution in [2.75, 3.05) is 5.32 Å². The minimum absolute atomic E-state index is 0.0231. The summed E-state index contributed by atoms with van der Waals surface area (Å²) in [7, 11) is 0. The van der Waals surface area contributed by atoms with Crippen LogP contribution in [0.25, 0.3) is 0 Å². The Morgan fingerprint density at radius 1 is 1.21 bits per heavy atom. The molecule has 2 aromatic rings. The molecule has 0 aliphatic rings. The predicted molar refractivity (Wildman–Crippen MR) is 75.0 cm³/mol. The number of nitrogens with one attached hydrogen (secondary N) is 1. The number of halogens is 1. The molecular formula is C12H8BrNO4S. The Morgan fingerprint density at radius 3 is 2.58 bits per heavy atom. The van der Waals surface area contributed by atoms with Crippen molar-refractivity contribution in [3.63, 3.8) is 0 Å². The van der Waals surface area contributed by atoms with Gasteiger partial charge in [0.05, 0.1) is 11.1 Å².